The molecule has 1 aliphatic carbocycles. The number of hydrogen-bond acceptors (Lipinski definition) is 2. The van der Waals surface area contributed by atoms with E-state index in [2.05, 4.69) is 6.58 Å². The maximum absolute atomic E-state index is 9.44. The van der Waals surface area contributed by atoms with Crippen molar-refractivity contribution < 1.29 is 10.2 Å². The second-order valence-electron chi connectivity index (χ2n) is 2.87. The van der Waals surface area contributed by atoms with Crippen LogP contribution in [0.1, 0.15) is 26.2 Å². The Kier molecular flexibility index (Phi) is 2.58. The second kappa shape index (κ2) is 3.48. The molecule has 1 aliphatic rings. The van der Waals surface area contributed by atoms with Gasteiger partial charge in [0, 0.05) is 12.0 Å². The van der Waals surface area contributed by atoms with Crippen molar-refractivity contribution >= 4 is 0 Å². The Morgan fingerprint density at radius 3 is 2.58 bits per heavy atom. The van der Waals surface area contributed by atoms with Crippen LogP contribution >= 0.6 is 0 Å². The molecule has 66 valence electrons. The van der Waals surface area contributed by atoms with Gasteiger partial charge < -0.3 is 10.2 Å². The third-order valence-electron chi connectivity index (χ3n) is 2.20. The molecule has 0 saturated carbocycles. The van der Waals surface area contributed by atoms with E-state index in [-0.39, 0.29) is 11.5 Å². The van der Waals surface area contributed by atoms with Crippen molar-refractivity contribution in [3.05, 3.63) is 35.3 Å². The molecule has 0 spiro atoms. The normalized spacial score (nSPS) is 18.4. The lowest BCUT2D eigenvalue weighted by molar-refractivity contribution is 0.312. The first kappa shape index (κ1) is 8.91. The Bertz CT molecular complexity index is 259. The fourth-order valence-electron chi connectivity index (χ4n) is 1.45. The summed E-state index contributed by atoms with van der Waals surface area (Å²) in [5, 5.41) is 18.7. The molecule has 0 bridgehead atoms. The fourth-order valence-corrected chi connectivity index (χ4v) is 1.45. The first-order chi connectivity index (χ1) is 5.70. The maximum Gasteiger partial charge on any atom is 0.160 e. The molecule has 1 rings (SSSR count). The van der Waals surface area contributed by atoms with Gasteiger partial charge in [-0.15, -0.1) is 0 Å². The van der Waals surface area contributed by atoms with E-state index in [0.29, 0.717) is 12.0 Å². The molecule has 0 unspecified atom stereocenters. The molecular formula is C10H14O2. The van der Waals surface area contributed by atoms with Crippen molar-refractivity contribution in [3.8, 4) is 0 Å². The van der Waals surface area contributed by atoms with Crippen LogP contribution in [0.3, 0.4) is 0 Å². The van der Waals surface area contributed by atoms with E-state index in [1.54, 1.807) is 6.08 Å². The van der Waals surface area contributed by atoms with Crippen molar-refractivity contribution in [2.24, 2.45) is 0 Å². The predicted octanol–water partition coefficient (Wildman–Crippen LogP) is 3.00. The molecular weight excluding hydrogens is 152 g/mol. The monoisotopic (exact) mass is 166 g/mol. The molecule has 0 amide bonds. The van der Waals surface area contributed by atoms with Crippen molar-refractivity contribution in [3.63, 3.8) is 0 Å². The molecule has 0 aromatic rings. The third kappa shape index (κ3) is 1.37. The van der Waals surface area contributed by atoms with E-state index in [9.17, 15) is 10.2 Å². The highest BCUT2D eigenvalue weighted by Gasteiger charge is 2.17. The summed E-state index contributed by atoms with van der Waals surface area (Å²) < 4.78 is 0. The SMILES string of the molecule is C=CC1=C(CC)CCC(O)=C1O. The highest BCUT2D eigenvalue weighted by Crippen LogP contribution is 2.29. The number of hydrogen-bond donors (Lipinski definition) is 2. The zero-order valence-electron chi connectivity index (χ0n) is 7.30. The fraction of sp³-hybridized carbons (Fsp3) is 0.400. The number of rotatable bonds is 2. The predicted molar refractivity (Wildman–Crippen MR) is 49.0 cm³/mol. The van der Waals surface area contributed by atoms with Gasteiger partial charge in [-0.2, -0.15) is 0 Å². The molecule has 2 nitrogen and oxygen atoms in total. The van der Waals surface area contributed by atoms with Crippen molar-refractivity contribution in [1.82, 2.24) is 0 Å². The van der Waals surface area contributed by atoms with Gasteiger partial charge in [0.1, 0.15) is 5.76 Å². The molecule has 0 heterocycles. The molecule has 0 radical (unpaired) electrons. The van der Waals surface area contributed by atoms with E-state index in [4.69, 9.17) is 0 Å². The van der Waals surface area contributed by atoms with Gasteiger partial charge >= 0.3 is 0 Å². The van der Waals surface area contributed by atoms with Crippen LogP contribution in [-0.2, 0) is 0 Å². The van der Waals surface area contributed by atoms with Crippen LogP contribution in [0.4, 0.5) is 0 Å². The molecule has 0 aromatic heterocycles. The van der Waals surface area contributed by atoms with Gasteiger partial charge in [0.15, 0.2) is 5.76 Å². The van der Waals surface area contributed by atoms with E-state index in [1.807, 2.05) is 6.92 Å². The van der Waals surface area contributed by atoms with E-state index in [1.165, 1.54) is 5.57 Å². The summed E-state index contributed by atoms with van der Waals surface area (Å²) >= 11 is 0. The van der Waals surface area contributed by atoms with Crippen LogP contribution < -0.4 is 0 Å². The first-order valence-corrected chi connectivity index (χ1v) is 4.16. The zero-order valence-corrected chi connectivity index (χ0v) is 7.30. The first-order valence-electron chi connectivity index (χ1n) is 4.16. The van der Waals surface area contributed by atoms with Gasteiger partial charge in [-0.3, -0.25) is 0 Å². The Morgan fingerprint density at radius 2 is 2.08 bits per heavy atom. The molecule has 0 aromatic carbocycles. The topological polar surface area (TPSA) is 40.5 Å². The standard InChI is InChI=1S/C10H14O2/c1-3-7-5-6-9(11)10(12)8(7)4-2/h4,11-12H,2-3,5-6H2,1H3. The average molecular weight is 166 g/mol. The quantitative estimate of drug-likeness (QED) is 0.662. The van der Waals surface area contributed by atoms with Gasteiger partial charge in [-0.1, -0.05) is 25.2 Å². The summed E-state index contributed by atoms with van der Waals surface area (Å²) in [5.41, 5.74) is 1.88. The average Bonchev–Trinajstić information content (AvgIpc) is 2.09. The minimum absolute atomic E-state index is 0.00750. The van der Waals surface area contributed by atoms with Crippen molar-refractivity contribution in [2.75, 3.05) is 0 Å². The van der Waals surface area contributed by atoms with Crippen LogP contribution in [0.25, 0.3) is 0 Å². The summed E-state index contributed by atoms with van der Waals surface area (Å²) in [6.45, 7) is 5.64. The van der Waals surface area contributed by atoms with Crippen LogP contribution in [0.5, 0.6) is 0 Å². The smallest absolute Gasteiger partial charge is 0.160 e. The summed E-state index contributed by atoms with van der Waals surface area (Å²) in [6, 6.07) is 0. The molecule has 0 atom stereocenters. The van der Waals surface area contributed by atoms with Crippen LogP contribution in [0.15, 0.2) is 35.3 Å². The number of aliphatic hydroxyl groups is 2. The second-order valence-corrected chi connectivity index (χ2v) is 2.87. The van der Waals surface area contributed by atoms with Gasteiger partial charge in [0.25, 0.3) is 0 Å². The van der Waals surface area contributed by atoms with Gasteiger partial charge in [-0.25, -0.2) is 0 Å². The summed E-state index contributed by atoms with van der Waals surface area (Å²) in [5.74, 6) is 0.0928. The Labute approximate surface area is 72.5 Å². The Balaban J connectivity index is 3.09. The van der Waals surface area contributed by atoms with E-state index in [0.717, 1.165) is 12.8 Å². The van der Waals surface area contributed by atoms with Crippen LogP contribution in [0.2, 0.25) is 0 Å². The Hall–Kier alpha value is -1.18. The highest BCUT2D eigenvalue weighted by atomic mass is 16.3. The lowest BCUT2D eigenvalue weighted by atomic mass is 9.93. The van der Waals surface area contributed by atoms with E-state index >= 15 is 0 Å². The molecule has 0 fully saturated rings. The third-order valence-corrected chi connectivity index (χ3v) is 2.20. The van der Waals surface area contributed by atoms with Crippen molar-refractivity contribution in [1.29, 1.82) is 0 Å². The minimum Gasteiger partial charge on any atom is -0.508 e. The zero-order chi connectivity index (χ0) is 9.14. The van der Waals surface area contributed by atoms with Gasteiger partial charge in [-0.05, 0) is 12.8 Å². The summed E-state index contributed by atoms with van der Waals surface area (Å²) in [7, 11) is 0. The highest BCUT2D eigenvalue weighted by molar-refractivity contribution is 5.42. The maximum atomic E-state index is 9.44. The molecule has 0 aliphatic heterocycles. The lowest BCUT2D eigenvalue weighted by Crippen LogP contribution is -2.04. The molecule has 2 N–H and O–H groups in total. The minimum atomic E-state index is 0.00750. The molecule has 2 heteroatoms. The molecule has 0 saturated heterocycles. The molecule has 12 heavy (non-hydrogen) atoms. The number of allylic oxidation sites excluding steroid dienone is 3. The lowest BCUT2D eigenvalue weighted by Gasteiger charge is -2.17. The van der Waals surface area contributed by atoms with Gasteiger partial charge in [0.05, 0.1) is 0 Å². The largest absolute Gasteiger partial charge is 0.508 e. The number of aliphatic hydroxyl groups excluding tert-OH is 2. The van der Waals surface area contributed by atoms with Crippen LogP contribution in [0, 0.1) is 0 Å². The van der Waals surface area contributed by atoms with Crippen LogP contribution in [-0.4, -0.2) is 10.2 Å². The summed E-state index contributed by atoms with van der Waals surface area (Å²) in [6.07, 6.45) is 3.88. The van der Waals surface area contributed by atoms with Crippen molar-refractivity contribution in [2.45, 2.75) is 26.2 Å². The summed E-state index contributed by atoms with van der Waals surface area (Å²) in [4.78, 5) is 0. The Morgan fingerprint density at radius 1 is 1.42 bits per heavy atom. The van der Waals surface area contributed by atoms with E-state index < -0.39 is 0 Å². The van der Waals surface area contributed by atoms with Gasteiger partial charge in [0.2, 0.25) is 0 Å².